The third-order valence-corrected chi connectivity index (χ3v) is 2.79. The fourth-order valence-corrected chi connectivity index (χ4v) is 0.995. The Bertz CT molecular complexity index is 280. The average molecular weight is 242 g/mol. The van der Waals surface area contributed by atoms with E-state index >= 15 is 0 Å². The van der Waals surface area contributed by atoms with Crippen molar-refractivity contribution >= 4 is 11.8 Å². The van der Waals surface area contributed by atoms with E-state index in [0.29, 0.717) is 5.92 Å². The molecule has 0 fully saturated rings. The van der Waals surface area contributed by atoms with Crippen LogP contribution in [0.1, 0.15) is 48.5 Å². The zero-order valence-corrected chi connectivity index (χ0v) is 12.0. The Morgan fingerprint density at radius 2 is 1.41 bits per heavy atom. The van der Waals surface area contributed by atoms with E-state index in [4.69, 9.17) is 0 Å². The summed E-state index contributed by atoms with van der Waals surface area (Å²) in [5, 5.41) is 5.60. The maximum atomic E-state index is 11.8. The van der Waals surface area contributed by atoms with Gasteiger partial charge in [-0.3, -0.25) is 9.59 Å². The van der Waals surface area contributed by atoms with Crippen molar-refractivity contribution in [2.45, 2.75) is 60.5 Å². The standard InChI is InChI=1S/C13H26N2O2/c1-8(2)9(3)14-11(16)10(4)15-12(17)13(5,6)7/h8-10H,1-7H3,(H,14,16)(H,15,17)/t9-,10-/m1/s1. The summed E-state index contributed by atoms with van der Waals surface area (Å²) in [5.74, 6) is 0.130. The number of nitrogens with one attached hydrogen (secondary N) is 2. The Labute approximate surface area is 105 Å². The van der Waals surface area contributed by atoms with Crippen molar-refractivity contribution in [2.24, 2.45) is 11.3 Å². The summed E-state index contributed by atoms with van der Waals surface area (Å²) in [4.78, 5) is 23.5. The van der Waals surface area contributed by atoms with E-state index in [9.17, 15) is 9.59 Å². The first kappa shape index (κ1) is 15.9. The molecule has 0 bridgehead atoms. The Morgan fingerprint density at radius 1 is 0.941 bits per heavy atom. The average Bonchev–Trinajstić information content (AvgIpc) is 2.15. The molecule has 0 heterocycles. The molecule has 0 unspecified atom stereocenters. The van der Waals surface area contributed by atoms with Crippen LogP contribution < -0.4 is 10.6 Å². The molecule has 17 heavy (non-hydrogen) atoms. The molecule has 0 aliphatic rings. The number of rotatable bonds is 4. The van der Waals surface area contributed by atoms with Gasteiger partial charge in [0.2, 0.25) is 11.8 Å². The summed E-state index contributed by atoms with van der Waals surface area (Å²) >= 11 is 0. The predicted octanol–water partition coefficient (Wildman–Crippen LogP) is 1.70. The maximum Gasteiger partial charge on any atom is 0.242 e. The van der Waals surface area contributed by atoms with Crippen molar-refractivity contribution in [1.29, 1.82) is 0 Å². The van der Waals surface area contributed by atoms with Gasteiger partial charge in [-0.1, -0.05) is 34.6 Å². The molecular weight excluding hydrogens is 216 g/mol. The third kappa shape index (κ3) is 5.71. The highest BCUT2D eigenvalue weighted by Gasteiger charge is 2.25. The van der Waals surface area contributed by atoms with Gasteiger partial charge in [-0.2, -0.15) is 0 Å². The molecule has 2 atom stereocenters. The lowest BCUT2D eigenvalue weighted by Gasteiger charge is -2.24. The first-order chi connectivity index (χ1) is 7.55. The van der Waals surface area contributed by atoms with Gasteiger partial charge in [0.15, 0.2) is 0 Å². The van der Waals surface area contributed by atoms with Crippen molar-refractivity contribution in [1.82, 2.24) is 10.6 Å². The quantitative estimate of drug-likeness (QED) is 0.788. The lowest BCUT2D eigenvalue weighted by molar-refractivity contribution is -0.133. The smallest absolute Gasteiger partial charge is 0.242 e. The van der Waals surface area contributed by atoms with Gasteiger partial charge in [0.05, 0.1) is 0 Å². The summed E-state index contributed by atoms with van der Waals surface area (Å²) in [5.41, 5.74) is -0.474. The van der Waals surface area contributed by atoms with Crippen molar-refractivity contribution in [3.63, 3.8) is 0 Å². The normalized spacial score (nSPS) is 15.3. The first-order valence-electron chi connectivity index (χ1n) is 6.17. The van der Waals surface area contributed by atoms with E-state index in [1.807, 2.05) is 41.5 Å². The molecule has 2 N–H and O–H groups in total. The molecule has 0 aliphatic carbocycles. The van der Waals surface area contributed by atoms with Gasteiger partial charge in [-0.05, 0) is 19.8 Å². The van der Waals surface area contributed by atoms with Crippen LogP contribution in [0.4, 0.5) is 0 Å². The molecule has 4 nitrogen and oxygen atoms in total. The molecule has 100 valence electrons. The van der Waals surface area contributed by atoms with Crippen LogP contribution in [0.2, 0.25) is 0 Å². The number of amides is 2. The van der Waals surface area contributed by atoms with Crippen molar-refractivity contribution < 1.29 is 9.59 Å². The lowest BCUT2D eigenvalue weighted by Crippen LogP contribution is -2.50. The van der Waals surface area contributed by atoms with E-state index in [-0.39, 0.29) is 17.9 Å². The molecule has 0 saturated carbocycles. The highest BCUT2D eigenvalue weighted by atomic mass is 16.2. The van der Waals surface area contributed by atoms with Crippen molar-refractivity contribution in [3.05, 3.63) is 0 Å². The minimum absolute atomic E-state index is 0.108. The largest absolute Gasteiger partial charge is 0.352 e. The van der Waals surface area contributed by atoms with Crippen LogP contribution in [0.3, 0.4) is 0 Å². The minimum atomic E-state index is -0.497. The summed E-state index contributed by atoms with van der Waals surface area (Å²) in [7, 11) is 0. The van der Waals surface area contributed by atoms with Crippen LogP contribution in [0, 0.1) is 11.3 Å². The van der Waals surface area contributed by atoms with Gasteiger partial charge in [0, 0.05) is 11.5 Å². The second kappa shape index (κ2) is 6.03. The number of hydrogen-bond donors (Lipinski definition) is 2. The second-order valence-corrected chi connectivity index (χ2v) is 5.99. The van der Waals surface area contributed by atoms with Crippen LogP contribution in [0.15, 0.2) is 0 Å². The van der Waals surface area contributed by atoms with Gasteiger partial charge in [0.1, 0.15) is 6.04 Å². The summed E-state index contributed by atoms with van der Waals surface area (Å²) < 4.78 is 0. The molecule has 0 aromatic carbocycles. The molecule has 0 saturated heterocycles. The molecule has 0 radical (unpaired) electrons. The molecular formula is C13H26N2O2. The highest BCUT2D eigenvalue weighted by Crippen LogP contribution is 2.12. The van der Waals surface area contributed by atoms with Crippen LogP contribution in [0.25, 0.3) is 0 Å². The summed E-state index contributed by atoms with van der Waals surface area (Å²) in [6.45, 7) is 13.2. The zero-order valence-electron chi connectivity index (χ0n) is 12.0. The monoisotopic (exact) mass is 242 g/mol. The Balaban J connectivity index is 4.29. The van der Waals surface area contributed by atoms with E-state index < -0.39 is 11.5 Å². The predicted molar refractivity (Wildman–Crippen MR) is 69.5 cm³/mol. The molecule has 0 aromatic heterocycles. The lowest BCUT2D eigenvalue weighted by atomic mass is 9.95. The molecule has 4 heteroatoms. The maximum absolute atomic E-state index is 11.8. The van der Waals surface area contributed by atoms with E-state index in [1.165, 1.54) is 0 Å². The number of carbonyl (C=O) groups excluding carboxylic acids is 2. The topological polar surface area (TPSA) is 58.2 Å². The minimum Gasteiger partial charge on any atom is -0.352 e. The van der Waals surface area contributed by atoms with E-state index in [1.54, 1.807) is 6.92 Å². The fraction of sp³-hybridized carbons (Fsp3) is 0.846. The van der Waals surface area contributed by atoms with Crippen LogP contribution >= 0.6 is 0 Å². The highest BCUT2D eigenvalue weighted by molar-refractivity contribution is 5.89. The molecule has 0 aliphatic heterocycles. The number of hydrogen-bond acceptors (Lipinski definition) is 2. The van der Waals surface area contributed by atoms with Crippen molar-refractivity contribution in [2.75, 3.05) is 0 Å². The van der Waals surface area contributed by atoms with Crippen molar-refractivity contribution in [3.8, 4) is 0 Å². The number of carbonyl (C=O) groups is 2. The zero-order chi connectivity index (χ0) is 13.8. The summed E-state index contributed by atoms with van der Waals surface area (Å²) in [6.07, 6.45) is 0. The molecule has 2 amide bonds. The SMILES string of the molecule is CC(C)[C@@H](C)NC(=O)[C@@H](C)NC(=O)C(C)(C)C. The van der Waals surface area contributed by atoms with E-state index in [2.05, 4.69) is 10.6 Å². The van der Waals surface area contributed by atoms with Gasteiger partial charge in [0.25, 0.3) is 0 Å². The summed E-state index contributed by atoms with van der Waals surface area (Å²) in [6, 6.07) is -0.389. The fourth-order valence-electron chi connectivity index (χ4n) is 0.995. The Morgan fingerprint density at radius 3 is 1.76 bits per heavy atom. The molecule has 0 rings (SSSR count). The van der Waals surface area contributed by atoms with Crippen LogP contribution in [-0.2, 0) is 9.59 Å². The third-order valence-electron chi connectivity index (χ3n) is 2.79. The van der Waals surface area contributed by atoms with E-state index in [0.717, 1.165) is 0 Å². The van der Waals surface area contributed by atoms with Gasteiger partial charge >= 0.3 is 0 Å². The first-order valence-corrected chi connectivity index (χ1v) is 6.17. The molecule has 0 aromatic rings. The Kier molecular flexibility index (Phi) is 5.66. The van der Waals surface area contributed by atoms with Crippen LogP contribution in [-0.4, -0.2) is 23.9 Å². The molecule has 0 spiro atoms. The van der Waals surface area contributed by atoms with Gasteiger partial charge in [-0.25, -0.2) is 0 Å². The second-order valence-electron chi connectivity index (χ2n) is 5.99. The van der Waals surface area contributed by atoms with Gasteiger partial charge in [-0.15, -0.1) is 0 Å². The van der Waals surface area contributed by atoms with Crippen LogP contribution in [0.5, 0.6) is 0 Å². The Hall–Kier alpha value is -1.06. The van der Waals surface area contributed by atoms with Gasteiger partial charge < -0.3 is 10.6 Å².